The van der Waals surface area contributed by atoms with Crippen molar-refractivity contribution in [3.05, 3.63) is 38.3 Å². The van der Waals surface area contributed by atoms with Crippen LogP contribution in [0.1, 0.15) is 32.6 Å². The van der Waals surface area contributed by atoms with E-state index in [9.17, 15) is 9.59 Å². The predicted molar refractivity (Wildman–Crippen MR) is 80.6 cm³/mol. The molecule has 0 bridgehead atoms. The van der Waals surface area contributed by atoms with Gasteiger partial charge in [-0.1, -0.05) is 19.7 Å². The first-order valence-corrected chi connectivity index (χ1v) is 6.53. The van der Waals surface area contributed by atoms with Crippen LogP contribution >= 0.6 is 0 Å². The Labute approximate surface area is 139 Å². The Morgan fingerprint density at radius 3 is 2.71 bits per heavy atom. The van der Waals surface area contributed by atoms with E-state index in [1.165, 1.54) is 12.6 Å². The van der Waals surface area contributed by atoms with Gasteiger partial charge in [0.1, 0.15) is 0 Å². The van der Waals surface area contributed by atoms with Gasteiger partial charge >= 0.3 is 18.9 Å². The Hall–Kier alpha value is -1.44. The molecular weight excluding hydrogens is 261 g/mol. The minimum absolute atomic E-state index is 0. The van der Waals surface area contributed by atoms with Crippen molar-refractivity contribution in [1.82, 2.24) is 10.6 Å². The van der Waals surface area contributed by atoms with Crippen LogP contribution in [-0.2, 0) is 9.59 Å². The zero-order chi connectivity index (χ0) is 15.4. The van der Waals surface area contributed by atoms with Crippen LogP contribution in [-0.4, -0.2) is 24.2 Å². The van der Waals surface area contributed by atoms with Gasteiger partial charge in [-0.3, -0.25) is 14.9 Å². The molecule has 6 heteroatoms. The van der Waals surface area contributed by atoms with Crippen LogP contribution < -0.4 is 29.5 Å². The smallest absolute Gasteiger partial charge is 0.449 e. The van der Waals surface area contributed by atoms with Gasteiger partial charge in [0.05, 0.1) is 6.04 Å². The van der Waals surface area contributed by atoms with E-state index in [2.05, 4.69) is 49.3 Å². The predicted octanol–water partition coefficient (Wildman–Crippen LogP) is -1.18. The maximum Gasteiger partial charge on any atom is 1.00 e. The Morgan fingerprint density at radius 1 is 1.62 bits per heavy atom. The van der Waals surface area contributed by atoms with Gasteiger partial charge in [0.15, 0.2) is 0 Å². The molecule has 1 saturated heterocycles. The summed E-state index contributed by atoms with van der Waals surface area (Å²) in [6.45, 7) is 12.9. The zero-order valence-electron chi connectivity index (χ0n) is 12.9. The van der Waals surface area contributed by atoms with E-state index < -0.39 is 6.04 Å². The molecule has 0 aliphatic carbocycles. The maximum atomic E-state index is 11.3. The fourth-order valence-electron chi connectivity index (χ4n) is 1.11. The van der Waals surface area contributed by atoms with Gasteiger partial charge in [0.25, 0.3) is 0 Å². The number of allylic oxidation sites excluding steroid dienone is 2. The van der Waals surface area contributed by atoms with Crippen molar-refractivity contribution in [1.29, 1.82) is 0 Å². The van der Waals surface area contributed by atoms with Crippen molar-refractivity contribution in [2.75, 3.05) is 0 Å². The van der Waals surface area contributed by atoms with Crippen LogP contribution in [0.15, 0.2) is 29.4 Å². The molecule has 21 heavy (non-hydrogen) atoms. The average molecular weight is 283 g/mol. The molecule has 2 amide bonds. The third-order valence-electron chi connectivity index (χ3n) is 2.39. The summed E-state index contributed by atoms with van der Waals surface area (Å²) in [4.78, 5) is 25.9. The first-order valence-electron chi connectivity index (χ1n) is 6.53. The summed E-state index contributed by atoms with van der Waals surface area (Å²) in [5.74, 6) is -0.590. The summed E-state index contributed by atoms with van der Waals surface area (Å²) in [6, 6.07) is -0.452. The molecule has 1 aliphatic heterocycles. The van der Waals surface area contributed by atoms with Gasteiger partial charge in [-0.05, 0) is 6.42 Å². The van der Waals surface area contributed by atoms with Gasteiger partial charge in [-0.15, -0.1) is 6.20 Å². The third-order valence-corrected chi connectivity index (χ3v) is 2.39. The summed E-state index contributed by atoms with van der Waals surface area (Å²) in [5, 5.41) is 4.91. The Kier molecular flexibility index (Phi) is 14.1. The van der Waals surface area contributed by atoms with Crippen molar-refractivity contribution in [2.24, 2.45) is 4.99 Å². The normalized spacial score (nSPS) is 18.2. The van der Waals surface area contributed by atoms with E-state index in [-0.39, 0.29) is 30.7 Å². The zero-order valence-corrected chi connectivity index (χ0v) is 12.9. The van der Waals surface area contributed by atoms with Gasteiger partial charge < -0.3 is 17.2 Å². The number of aliphatic imine (C=N–C) groups is 1. The number of unbranched alkanes of at least 4 members (excludes halogenated alkanes) is 1. The number of hydrogen-bond acceptors (Lipinski definition) is 3. The van der Waals surface area contributed by atoms with Crippen LogP contribution in [0.4, 0.5) is 0 Å². The molecule has 112 valence electrons. The third kappa shape index (κ3) is 10.9. The standard InChI is InChI=1S/C11H13N3O2.C4H9.Li/c1-3-8(2)6-12-7-13-9-4-5-10(15)14-11(9)16;1-3-4-2;/h3,6,9H,1-2,4-5H2,(H,12,13)(H,14,15,16);1,3-4H2,2H3;/q-2;-1;+1/b8-6+;;. The number of carbonyl (C=O) groups excluding carboxylic acids is 2. The van der Waals surface area contributed by atoms with E-state index >= 15 is 0 Å². The summed E-state index contributed by atoms with van der Waals surface area (Å²) >= 11 is 0. The monoisotopic (exact) mass is 283 g/mol. The summed E-state index contributed by atoms with van der Waals surface area (Å²) < 4.78 is 0. The molecule has 1 fully saturated rings. The van der Waals surface area contributed by atoms with E-state index in [0.717, 1.165) is 6.42 Å². The van der Waals surface area contributed by atoms with Crippen LogP contribution in [0.25, 0.3) is 0 Å². The van der Waals surface area contributed by atoms with Gasteiger partial charge in [0, 0.05) is 6.42 Å². The number of hydrogen-bond donors (Lipinski definition) is 2. The first-order chi connectivity index (χ1) is 9.54. The molecule has 1 atom stereocenters. The van der Waals surface area contributed by atoms with E-state index in [1.807, 2.05) is 0 Å². The molecule has 5 nitrogen and oxygen atoms in total. The number of rotatable bonds is 5. The number of imide groups is 1. The molecule has 2 N–H and O–H groups in total. The second kappa shape index (κ2) is 13.5. The molecular formula is C15H22LiN3O2-2. The van der Waals surface area contributed by atoms with Gasteiger partial charge in [0.2, 0.25) is 11.8 Å². The number of carbonyl (C=O) groups is 2. The van der Waals surface area contributed by atoms with E-state index in [4.69, 9.17) is 0 Å². The molecule has 1 rings (SSSR count). The molecule has 1 aliphatic rings. The molecule has 1 heterocycles. The fourth-order valence-corrected chi connectivity index (χ4v) is 1.11. The molecule has 0 aromatic carbocycles. The number of piperidine rings is 1. The van der Waals surface area contributed by atoms with Crippen LogP contribution in [0.2, 0.25) is 0 Å². The molecule has 0 aromatic rings. The Morgan fingerprint density at radius 2 is 2.24 bits per heavy atom. The topological polar surface area (TPSA) is 70.6 Å². The maximum absolute atomic E-state index is 11.3. The number of nitrogens with zero attached hydrogens (tertiary/aromatic N) is 1. The Bertz CT molecular complexity index is 390. The Balaban J connectivity index is 0. The van der Waals surface area contributed by atoms with Crippen LogP contribution in [0.5, 0.6) is 0 Å². The molecule has 0 spiro atoms. The first kappa shape index (κ1) is 21.8. The van der Waals surface area contributed by atoms with Crippen molar-refractivity contribution >= 4 is 18.2 Å². The number of amides is 2. The quantitative estimate of drug-likeness (QED) is 0.127. The molecule has 0 aromatic heterocycles. The van der Waals surface area contributed by atoms with Gasteiger partial charge in [-0.25, -0.2) is 12.5 Å². The van der Waals surface area contributed by atoms with Crippen molar-refractivity contribution in [3.63, 3.8) is 0 Å². The summed E-state index contributed by atoms with van der Waals surface area (Å²) in [6.07, 6.45) is 8.58. The second-order valence-corrected chi connectivity index (χ2v) is 4.15. The van der Waals surface area contributed by atoms with Gasteiger partial charge in [-0.2, -0.15) is 19.1 Å². The van der Waals surface area contributed by atoms with Crippen LogP contribution in [0.3, 0.4) is 0 Å². The minimum atomic E-state index is -0.452. The number of nitrogens with one attached hydrogen (secondary N) is 2. The molecule has 0 saturated carbocycles. The van der Waals surface area contributed by atoms with Crippen LogP contribution in [0, 0.1) is 13.8 Å². The van der Waals surface area contributed by atoms with E-state index in [1.54, 1.807) is 6.08 Å². The van der Waals surface area contributed by atoms with E-state index in [0.29, 0.717) is 18.4 Å². The average Bonchev–Trinajstić information content (AvgIpc) is 2.45. The fraction of sp³-hybridized carbons (Fsp3) is 0.400. The summed E-state index contributed by atoms with van der Waals surface area (Å²) in [7, 11) is 0. The SMILES string of the molecule is C=C/C([CH2-])=C/N=[C-]NC1CCC(=O)NC1=O.[CH2-]CCC.[Li+]. The molecule has 1 unspecified atom stereocenters. The van der Waals surface area contributed by atoms with Crippen molar-refractivity contribution < 1.29 is 28.4 Å². The second-order valence-electron chi connectivity index (χ2n) is 4.15. The largest absolute Gasteiger partial charge is 1.00 e. The van der Waals surface area contributed by atoms with Crippen molar-refractivity contribution in [2.45, 2.75) is 38.6 Å². The van der Waals surface area contributed by atoms with Crippen molar-refractivity contribution in [3.8, 4) is 0 Å². The molecule has 0 radical (unpaired) electrons. The minimum Gasteiger partial charge on any atom is -0.449 e. The summed E-state index contributed by atoms with van der Waals surface area (Å²) in [5.41, 5.74) is 0.651.